The van der Waals surface area contributed by atoms with Gasteiger partial charge < -0.3 is 10.1 Å². The predicted molar refractivity (Wildman–Crippen MR) is 86.9 cm³/mol. The fraction of sp³-hybridized carbons (Fsp3) is 0.533. The molecule has 0 aromatic carbocycles. The Hall–Kier alpha value is -1.73. The first-order chi connectivity index (χ1) is 10.4. The third kappa shape index (κ3) is 3.36. The number of methoxy groups -OCH3 is 1. The number of hydrogen-bond acceptors (Lipinski definition) is 5. The number of amides is 1. The average molecular weight is 323 g/mol. The highest BCUT2D eigenvalue weighted by Gasteiger charge is 2.22. The summed E-state index contributed by atoms with van der Waals surface area (Å²) in [5.74, 6) is -0.394. The molecule has 120 valence electrons. The van der Waals surface area contributed by atoms with Crippen LogP contribution in [0.5, 0.6) is 0 Å². The standard InChI is InChI=1S/C15H21N3O3S/c1-15(2,3)11-9-22-14-17-8-10(13(20)18(11)14)12(19)16-6-5-7-21-4/h8-9H,5-7H2,1-4H3,(H,16,19). The van der Waals surface area contributed by atoms with Crippen molar-refractivity contribution in [1.82, 2.24) is 14.7 Å². The SMILES string of the molecule is COCCCNC(=O)c1cnc2scc(C(C)(C)C)n2c1=O. The Balaban J connectivity index is 2.34. The van der Waals surface area contributed by atoms with Crippen LogP contribution in [0.1, 0.15) is 43.2 Å². The van der Waals surface area contributed by atoms with Gasteiger partial charge in [0.1, 0.15) is 5.56 Å². The minimum absolute atomic E-state index is 0.0683. The van der Waals surface area contributed by atoms with Gasteiger partial charge in [0.05, 0.1) is 0 Å². The summed E-state index contributed by atoms with van der Waals surface area (Å²) in [4.78, 5) is 29.6. The zero-order valence-electron chi connectivity index (χ0n) is 13.3. The smallest absolute Gasteiger partial charge is 0.271 e. The van der Waals surface area contributed by atoms with E-state index in [0.29, 0.717) is 24.5 Å². The average Bonchev–Trinajstić information content (AvgIpc) is 2.88. The number of ether oxygens (including phenoxy) is 1. The molecule has 2 aromatic rings. The Bertz CT molecular complexity index is 728. The molecule has 0 radical (unpaired) electrons. The molecule has 7 heteroatoms. The second kappa shape index (κ2) is 6.58. The van der Waals surface area contributed by atoms with Crippen molar-refractivity contribution in [3.05, 3.63) is 33.2 Å². The van der Waals surface area contributed by atoms with Gasteiger partial charge in [-0.05, 0) is 6.42 Å². The van der Waals surface area contributed by atoms with Crippen molar-refractivity contribution in [1.29, 1.82) is 0 Å². The van der Waals surface area contributed by atoms with E-state index in [1.54, 1.807) is 7.11 Å². The molecule has 0 aliphatic rings. The lowest BCUT2D eigenvalue weighted by atomic mass is 9.93. The minimum Gasteiger partial charge on any atom is -0.385 e. The molecular formula is C15H21N3O3S. The third-order valence-corrected chi connectivity index (χ3v) is 4.11. The summed E-state index contributed by atoms with van der Waals surface area (Å²) in [5, 5.41) is 4.64. The summed E-state index contributed by atoms with van der Waals surface area (Å²) >= 11 is 1.40. The van der Waals surface area contributed by atoms with Gasteiger partial charge in [-0.15, -0.1) is 11.3 Å². The Morgan fingerprint density at radius 2 is 2.18 bits per heavy atom. The van der Waals surface area contributed by atoms with E-state index < -0.39 is 5.91 Å². The van der Waals surface area contributed by atoms with Gasteiger partial charge in [-0.1, -0.05) is 20.8 Å². The van der Waals surface area contributed by atoms with Crippen LogP contribution in [-0.4, -0.2) is 35.6 Å². The third-order valence-electron chi connectivity index (χ3n) is 3.27. The minimum atomic E-state index is -0.394. The first kappa shape index (κ1) is 16.6. The van der Waals surface area contributed by atoms with E-state index in [9.17, 15) is 9.59 Å². The highest BCUT2D eigenvalue weighted by molar-refractivity contribution is 7.15. The fourth-order valence-electron chi connectivity index (χ4n) is 2.08. The van der Waals surface area contributed by atoms with Crippen LogP contribution in [0.4, 0.5) is 0 Å². The predicted octanol–water partition coefficient (Wildman–Crippen LogP) is 1.82. The van der Waals surface area contributed by atoms with E-state index in [-0.39, 0.29) is 16.5 Å². The fourth-order valence-corrected chi connectivity index (χ4v) is 3.15. The molecule has 6 nitrogen and oxygen atoms in total. The number of thiazole rings is 1. The molecular weight excluding hydrogens is 302 g/mol. The first-order valence-electron chi connectivity index (χ1n) is 7.13. The number of nitrogens with one attached hydrogen (secondary N) is 1. The maximum absolute atomic E-state index is 12.6. The van der Waals surface area contributed by atoms with E-state index in [1.807, 2.05) is 26.2 Å². The summed E-state index contributed by atoms with van der Waals surface area (Å²) in [5.41, 5.74) is 0.412. The number of fused-ring (bicyclic) bond motifs is 1. The zero-order chi connectivity index (χ0) is 16.3. The monoisotopic (exact) mass is 323 g/mol. The maximum atomic E-state index is 12.6. The van der Waals surface area contributed by atoms with Crippen molar-refractivity contribution >= 4 is 22.2 Å². The van der Waals surface area contributed by atoms with Gasteiger partial charge in [0, 0.05) is 42.9 Å². The molecule has 0 aliphatic heterocycles. The van der Waals surface area contributed by atoms with E-state index in [1.165, 1.54) is 21.9 Å². The Kier molecular flexibility index (Phi) is 4.97. The van der Waals surface area contributed by atoms with Crippen LogP contribution in [0, 0.1) is 0 Å². The van der Waals surface area contributed by atoms with Gasteiger partial charge in [-0.2, -0.15) is 0 Å². The lowest BCUT2D eigenvalue weighted by Crippen LogP contribution is -2.33. The van der Waals surface area contributed by atoms with Crippen molar-refractivity contribution in [2.75, 3.05) is 20.3 Å². The van der Waals surface area contributed by atoms with Gasteiger partial charge in [0.2, 0.25) is 0 Å². The van der Waals surface area contributed by atoms with Gasteiger partial charge >= 0.3 is 0 Å². The number of carbonyl (C=O) groups excluding carboxylic acids is 1. The molecule has 0 saturated heterocycles. The largest absolute Gasteiger partial charge is 0.385 e. The molecule has 0 spiro atoms. The number of rotatable bonds is 5. The van der Waals surface area contributed by atoms with Crippen LogP contribution < -0.4 is 10.9 Å². The number of nitrogens with zero attached hydrogens (tertiary/aromatic N) is 2. The molecule has 22 heavy (non-hydrogen) atoms. The highest BCUT2D eigenvalue weighted by Crippen LogP contribution is 2.25. The van der Waals surface area contributed by atoms with Gasteiger partial charge in [-0.25, -0.2) is 4.98 Å². The highest BCUT2D eigenvalue weighted by atomic mass is 32.1. The van der Waals surface area contributed by atoms with Crippen LogP contribution >= 0.6 is 11.3 Å². The first-order valence-corrected chi connectivity index (χ1v) is 8.01. The van der Waals surface area contributed by atoms with Crippen molar-refractivity contribution in [3.63, 3.8) is 0 Å². The second-order valence-corrected chi connectivity index (χ2v) is 6.90. The lowest BCUT2D eigenvalue weighted by molar-refractivity contribution is 0.0946. The molecule has 0 atom stereocenters. The van der Waals surface area contributed by atoms with Crippen molar-refractivity contribution in [2.24, 2.45) is 0 Å². The molecule has 0 unspecified atom stereocenters. The molecule has 0 aliphatic carbocycles. The Morgan fingerprint density at radius 1 is 1.45 bits per heavy atom. The summed E-state index contributed by atoms with van der Waals surface area (Å²) in [6.07, 6.45) is 2.05. The van der Waals surface area contributed by atoms with Crippen LogP contribution in [0.3, 0.4) is 0 Å². The van der Waals surface area contributed by atoms with Crippen LogP contribution in [-0.2, 0) is 10.2 Å². The quantitative estimate of drug-likeness (QED) is 0.852. The van der Waals surface area contributed by atoms with Crippen LogP contribution in [0.2, 0.25) is 0 Å². The van der Waals surface area contributed by atoms with Crippen LogP contribution in [0.25, 0.3) is 4.96 Å². The topological polar surface area (TPSA) is 72.7 Å². The number of carbonyl (C=O) groups is 1. The van der Waals surface area contributed by atoms with E-state index >= 15 is 0 Å². The molecule has 0 fully saturated rings. The summed E-state index contributed by atoms with van der Waals surface area (Å²) in [7, 11) is 1.61. The summed E-state index contributed by atoms with van der Waals surface area (Å²) in [6, 6.07) is 0. The summed E-state index contributed by atoms with van der Waals surface area (Å²) < 4.78 is 6.46. The van der Waals surface area contributed by atoms with Crippen molar-refractivity contribution in [2.45, 2.75) is 32.6 Å². The van der Waals surface area contributed by atoms with Crippen LogP contribution in [0.15, 0.2) is 16.4 Å². The van der Waals surface area contributed by atoms with Gasteiger partial charge in [-0.3, -0.25) is 14.0 Å². The zero-order valence-corrected chi connectivity index (χ0v) is 14.1. The lowest BCUT2D eigenvalue weighted by Gasteiger charge is -2.17. The summed E-state index contributed by atoms with van der Waals surface area (Å²) in [6.45, 7) is 7.11. The molecule has 2 rings (SSSR count). The molecule has 0 saturated carbocycles. The Labute approximate surface area is 133 Å². The maximum Gasteiger partial charge on any atom is 0.271 e. The van der Waals surface area contributed by atoms with Crippen molar-refractivity contribution < 1.29 is 9.53 Å². The second-order valence-electron chi connectivity index (χ2n) is 6.07. The van der Waals surface area contributed by atoms with E-state index in [2.05, 4.69) is 10.3 Å². The molecule has 0 bridgehead atoms. The van der Waals surface area contributed by atoms with E-state index in [4.69, 9.17) is 4.74 Å². The van der Waals surface area contributed by atoms with E-state index in [0.717, 1.165) is 5.69 Å². The number of hydrogen-bond donors (Lipinski definition) is 1. The molecule has 1 amide bonds. The number of aromatic nitrogens is 2. The molecule has 2 aromatic heterocycles. The molecule has 2 heterocycles. The molecule has 1 N–H and O–H groups in total. The Morgan fingerprint density at radius 3 is 2.82 bits per heavy atom. The normalized spacial score (nSPS) is 11.8. The van der Waals surface area contributed by atoms with Gasteiger partial charge in [0.15, 0.2) is 4.96 Å². The van der Waals surface area contributed by atoms with Crippen molar-refractivity contribution in [3.8, 4) is 0 Å². The van der Waals surface area contributed by atoms with Gasteiger partial charge in [0.25, 0.3) is 11.5 Å².